The van der Waals surface area contributed by atoms with Gasteiger partial charge in [0, 0.05) is 13.1 Å². The van der Waals surface area contributed by atoms with Gasteiger partial charge in [-0.25, -0.2) is 8.42 Å². The molecule has 1 aromatic carbocycles. The van der Waals surface area contributed by atoms with E-state index >= 15 is 0 Å². The molecular formula is C13H18FNO4S2. The fraction of sp³-hybridized carbons (Fsp3) is 0.538. The van der Waals surface area contributed by atoms with Crippen molar-refractivity contribution in [3.05, 3.63) is 24.3 Å². The highest BCUT2D eigenvalue weighted by Crippen LogP contribution is 2.32. The zero-order valence-corrected chi connectivity index (χ0v) is 13.5. The van der Waals surface area contributed by atoms with Crippen LogP contribution >= 0.6 is 0 Å². The molecule has 1 saturated heterocycles. The van der Waals surface area contributed by atoms with E-state index in [0.29, 0.717) is 13.1 Å². The summed E-state index contributed by atoms with van der Waals surface area (Å²) in [5.41, 5.74) is -0.130. The first kappa shape index (κ1) is 16.4. The Morgan fingerprint density at radius 3 is 2.33 bits per heavy atom. The van der Waals surface area contributed by atoms with E-state index in [1.54, 1.807) is 0 Å². The molecule has 8 heteroatoms. The molecule has 2 rings (SSSR count). The first-order valence-corrected chi connectivity index (χ1v) is 9.40. The summed E-state index contributed by atoms with van der Waals surface area (Å²) in [6.45, 7) is 4.72. The van der Waals surface area contributed by atoms with Crippen LogP contribution in [0.25, 0.3) is 0 Å². The maximum Gasteiger partial charge on any atom is 0.332 e. The summed E-state index contributed by atoms with van der Waals surface area (Å²) in [7, 11) is -8.74. The average Bonchev–Trinajstić information content (AvgIpc) is 2.36. The molecule has 1 fully saturated rings. The second-order valence-corrected chi connectivity index (χ2v) is 9.30. The topological polar surface area (TPSA) is 71.5 Å². The minimum absolute atomic E-state index is 0.130. The normalized spacial score (nSPS) is 20.3. The van der Waals surface area contributed by atoms with E-state index in [2.05, 4.69) is 0 Å². The van der Waals surface area contributed by atoms with E-state index in [1.807, 2.05) is 13.8 Å². The molecule has 118 valence electrons. The second kappa shape index (κ2) is 5.33. The summed E-state index contributed by atoms with van der Waals surface area (Å²) in [5, 5.41) is 0. The van der Waals surface area contributed by atoms with Gasteiger partial charge in [0.15, 0.2) is 0 Å². The van der Waals surface area contributed by atoms with Crippen molar-refractivity contribution < 1.29 is 20.7 Å². The van der Waals surface area contributed by atoms with Crippen LogP contribution in [0.1, 0.15) is 26.7 Å². The van der Waals surface area contributed by atoms with Crippen LogP contribution in [-0.2, 0) is 20.2 Å². The molecule has 1 heterocycles. The van der Waals surface area contributed by atoms with Crippen molar-refractivity contribution in [2.45, 2.75) is 36.5 Å². The van der Waals surface area contributed by atoms with Crippen molar-refractivity contribution in [3.63, 3.8) is 0 Å². The van der Waals surface area contributed by atoms with Crippen molar-refractivity contribution >= 4 is 20.2 Å². The van der Waals surface area contributed by atoms with Gasteiger partial charge in [-0.3, -0.25) is 0 Å². The number of nitrogens with zero attached hydrogens (tertiary/aromatic N) is 1. The molecule has 21 heavy (non-hydrogen) atoms. The van der Waals surface area contributed by atoms with Gasteiger partial charge in [-0.1, -0.05) is 19.9 Å². The molecule has 5 nitrogen and oxygen atoms in total. The van der Waals surface area contributed by atoms with Crippen LogP contribution in [-0.4, -0.2) is 34.2 Å². The number of rotatable bonds is 3. The highest BCUT2D eigenvalue weighted by molar-refractivity contribution is 7.89. The molecule has 0 N–H and O–H groups in total. The largest absolute Gasteiger partial charge is 0.332 e. The Labute approximate surface area is 125 Å². The molecule has 0 saturated carbocycles. The van der Waals surface area contributed by atoms with Gasteiger partial charge in [0.05, 0.1) is 9.79 Å². The molecule has 1 aromatic rings. The maximum atomic E-state index is 13.0. The highest BCUT2D eigenvalue weighted by Gasteiger charge is 2.34. The minimum Gasteiger partial charge on any atom is -0.207 e. The molecule has 0 bridgehead atoms. The molecule has 0 unspecified atom stereocenters. The Kier molecular flexibility index (Phi) is 4.16. The maximum absolute atomic E-state index is 13.0. The van der Waals surface area contributed by atoms with E-state index in [-0.39, 0.29) is 10.3 Å². The first-order chi connectivity index (χ1) is 9.52. The number of sulfonamides is 1. The number of hydrogen-bond acceptors (Lipinski definition) is 4. The Bertz CT molecular complexity index is 741. The number of halogens is 1. The van der Waals surface area contributed by atoms with E-state index in [9.17, 15) is 20.7 Å². The monoisotopic (exact) mass is 335 g/mol. The smallest absolute Gasteiger partial charge is 0.207 e. The highest BCUT2D eigenvalue weighted by atomic mass is 32.3. The summed E-state index contributed by atoms with van der Waals surface area (Å²) in [5.74, 6) is 0. The molecule has 0 radical (unpaired) electrons. The lowest BCUT2D eigenvalue weighted by atomic mass is 9.85. The molecule has 0 spiro atoms. The minimum atomic E-state index is -4.92. The van der Waals surface area contributed by atoms with Gasteiger partial charge in [0.2, 0.25) is 10.0 Å². The fourth-order valence-electron chi connectivity index (χ4n) is 2.51. The van der Waals surface area contributed by atoms with Gasteiger partial charge in [-0.05, 0) is 36.5 Å². The molecule has 0 aromatic heterocycles. The van der Waals surface area contributed by atoms with E-state index in [0.717, 1.165) is 25.0 Å². The van der Waals surface area contributed by atoms with Crippen LogP contribution in [0.5, 0.6) is 0 Å². The number of hydrogen-bond donors (Lipinski definition) is 0. The predicted molar refractivity (Wildman–Crippen MR) is 76.5 cm³/mol. The number of piperidine rings is 1. The predicted octanol–water partition coefficient (Wildman–Crippen LogP) is 2.16. The lowest BCUT2D eigenvalue weighted by Crippen LogP contribution is -2.43. The van der Waals surface area contributed by atoms with Crippen LogP contribution < -0.4 is 0 Å². The zero-order chi connectivity index (χ0) is 15.9. The average molecular weight is 335 g/mol. The lowest BCUT2D eigenvalue weighted by molar-refractivity contribution is 0.187. The van der Waals surface area contributed by atoms with Gasteiger partial charge in [0.25, 0.3) is 0 Å². The van der Waals surface area contributed by atoms with Gasteiger partial charge in [-0.15, -0.1) is 3.89 Å². The third kappa shape index (κ3) is 3.61. The molecule has 1 aliphatic rings. The van der Waals surface area contributed by atoms with Crippen LogP contribution in [0.4, 0.5) is 3.89 Å². The lowest BCUT2D eigenvalue weighted by Gasteiger charge is -2.37. The quantitative estimate of drug-likeness (QED) is 0.794. The van der Waals surface area contributed by atoms with Crippen molar-refractivity contribution in [3.8, 4) is 0 Å². The van der Waals surface area contributed by atoms with Crippen LogP contribution in [0.15, 0.2) is 34.1 Å². The summed E-state index contributed by atoms with van der Waals surface area (Å²) >= 11 is 0. The molecular weight excluding hydrogens is 317 g/mol. The Morgan fingerprint density at radius 2 is 1.76 bits per heavy atom. The Balaban J connectivity index is 2.41. The number of benzene rings is 1. The molecule has 0 amide bonds. The summed E-state index contributed by atoms with van der Waals surface area (Å²) in [6.07, 6.45) is 1.67. The van der Waals surface area contributed by atoms with Crippen LogP contribution in [0.3, 0.4) is 0 Å². The van der Waals surface area contributed by atoms with E-state index < -0.39 is 25.1 Å². The standard InChI is InChI=1S/C13H18FNO4S2/c1-13(2)7-4-8-15(10-13)21(18,19)12-6-3-5-11(9-12)20(14,16)17/h3,5-6,9H,4,7-8,10H2,1-2H3. The van der Waals surface area contributed by atoms with Crippen molar-refractivity contribution in [1.29, 1.82) is 0 Å². The summed E-state index contributed by atoms with van der Waals surface area (Å²) in [6, 6.07) is 4.42. The second-order valence-electron chi connectivity index (χ2n) is 6.02. The van der Waals surface area contributed by atoms with E-state index in [1.165, 1.54) is 16.4 Å². The SMILES string of the molecule is CC1(C)CCCN(S(=O)(=O)c2cccc(S(=O)(=O)F)c2)C1. The van der Waals surface area contributed by atoms with Crippen LogP contribution in [0, 0.1) is 5.41 Å². The Hall–Kier alpha value is -0.990. The molecule has 1 aliphatic heterocycles. The summed E-state index contributed by atoms with van der Waals surface area (Å²) < 4.78 is 61.3. The molecule has 0 aliphatic carbocycles. The summed E-state index contributed by atoms with van der Waals surface area (Å²) in [4.78, 5) is -0.834. The van der Waals surface area contributed by atoms with Crippen LogP contribution in [0.2, 0.25) is 0 Å². The zero-order valence-electron chi connectivity index (χ0n) is 11.9. The van der Waals surface area contributed by atoms with Crippen molar-refractivity contribution in [2.75, 3.05) is 13.1 Å². The third-order valence-electron chi connectivity index (χ3n) is 3.59. The van der Waals surface area contributed by atoms with E-state index in [4.69, 9.17) is 0 Å². The third-order valence-corrected chi connectivity index (χ3v) is 6.25. The molecule has 0 atom stereocenters. The van der Waals surface area contributed by atoms with Crippen molar-refractivity contribution in [1.82, 2.24) is 4.31 Å². The van der Waals surface area contributed by atoms with Gasteiger partial charge in [-0.2, -0.15) is 12.7 Å². The first-order valence-electron chi connectivity index (χ1n) is 6.57. The van der Waals surface area contributed by atoms with Gasteiger partial charge < -0.3 is 0 Å². The van der Waals surface area contributed by atoms with Gasteiger partial charge >= 0.3 is 10.2 Å². The van der Waals surface area contributed by atoms with Crippen molar-refractivity contribution in [2.24, 2.45) is 5.41 Å². The Morgan fingerprint density at radius 1 is 1.14 bits per heavy atom. The van der Waals surface area contributed by atoms with Gasteiger partial charge in [0.1, 0.15) is 0 Å². The fourth-order valence-corrected chi connectivity index (χ4v) is 4.81.